The van der Waals surface area contributed by atoms with Crippen LogP contribution in [0.3, 0.4) is 0 Å². The van der Waals surface area contributed by atoms with Crippen LogP contribution in [0.1, 0.15) is 153 Å². The van der Waals surface area contributed by atoms with Crippen molar-refractivity contribution in [3.63, 3.8) is 0 Å². The van der Waals surface area contributed by atoms with Crippen molar-refractivity contribution in [1.82, 2.24) is 0 Å². The Kier molecular flexibility index (Phi) is 29.4. The molecule has 10 aromatic carbocycles. The Labute approximate surface area is 739 Å². The van der Waals surface area contributed by atoms with Crippen molar-refractivity contribution in [3.05, 3.63) is 385 Å². The van der Waals surface area contributed by atoms with Gasteiger partial charge in [-0.2, -0.15) is 0 Å². The Morgan fingerprint density at radius 3 is 0.854 bits per heavy atom. The van der Waals surface area contributed by atoms with Crippen molar-refractivity contribution in [2.24, 2.45) is 46.1 Å². The second kappa shape index (κ2) is 39.4. The number of nitrogens with zero attached hydrogens (tertiary/aromatic N) is 5. The highest BCUT2D eigenvalue weighted by atomic mass is 14.9. The van der Waals surface area contributed by atoms with Crippen LogP contribution in [0, 0.1) is 135 Å². The average molecular weight is 1620 g/mol. The summed E-state index contributed by atoms with van der Waals surface area (Å²) in [6.07, 6.45) is 13.1. The quantitative estimate of drug-likeness (QED) is 0.109. The van der Waals surface area contributed by atoms with Crippen LogP contribution >= 0.6 is 0 Å². The number of benzene rings is 10. The molecular weight excluding hydrogens is 1490 g/mol. The molecule has 5 aromatic heterocycles. The number of pyridine rings is 5. The molecule has 5 heteroatoms. The second-order valence-electron chi connectivity index (χ2n) is 37.8. The molecule has 0 atom stereocenters. The van der Waals surface area contributed by atoms with Crippen LogP contribution in [-0.2, 0) is 48.1 Å². The summed E-state index contributed by atoms with van der Waals surface area (Å²) in [5.74, 6) is 0. The fourth-order valence-electron chi connectivity index (χ4n) is 16.9. The minimum atomic E-state index is 0.275. The molecule has 5 heterocycles. The summed E-state index contributed by atoms with van der Waals surface area (Å²) < 4.78 is 11.1. The van der Waals surface area contributed by atoms with E-state index in [0.29, 0.717) is 0 Å². The van der Waals surface area contributed by atoms with E-state index in [4.69, 9.17) is 0 Å². The first-order valence-corrected chi connectivity index (χ1v) is 43.9. The Balaban J connectivity index is 0.000000150. The molecule has 5 nitrogen and oxygen atoms in total. The van der Waals surface area contributed by atoms with Gasteiger partial charge >= 0.3 is 0 Å². The fourth-order valence-corrected chi connectivity index (χ4v) is 16.9. The van der Waals surface area contributed by atoms with Crippen LogP contribution in [0.25, 0.3) is 112 Å². The van der Waals surface area contributed by atoms with Gasteiger partial charge in [-0.25, -0.2) is 22.8 Å². The van der Waals surface area contributed by atoms with Crippen LogP contribution < -0.4 is 22.8 Å². The van der Waals surface area contributed by atoms with E-state index < -0.39 is 0 Å². The van der Waals surface area contributed by atoms with Gasteiger partial charge in [-0.15, -0.1) is 0 Å². The van der Waals surface area contributed by atoms with Gasteiger partial charge in [-0.05, 0) is 312 Å². The lowest BCUT2D eigenvalue weighted by molar-refractivity contribution is -0.660. The zero-order chi connectivity index (χ0) is 89.2. The van der Waals surface area contributed by atoms with Crippen LogP contribution in [0.5, 0.6) is 0 Å². The number of hydrogen-bond acceptors (Lipinski definition) is 0. The highest BCUT2D eigenvalue weighted by Crippen LogP contribution is 2.39. The summed E-state index contributed by atoms with van der Waals surface area (Å²) in [5, 5.41) is 0. The predicted octanol–water partition coefficient (Wildman–Crippen LogP) is 28.0. The van der Waals surface area contributed by atoms with Crippen LogP contribution in [0.15, 0.2) is 274 Å². The fraction of sp³-hybridized carbons (Fsp3) is 0.280. The Morgan fingerprint density at radius 1 is 0.195 bits per heavy atom. The maximum atomic E-state index is 2.40. The van der Waals surface area contributed by atoms with E-state index in [1.54, 1.807) is 0 Å². The third kappa shape index (κ3) is 23.4. The van der Waals surface area contributed by atoms with Gasteiger partial charge in [0.2, 0.25) is 28.5 Å². The van der Waals surface area contributed by atoms with E-state index in [-0.39, 0.29) is 10.8 Å². The zero-order valence-corrected chi connectivity index (χ0v) is 79.6. The van der Waals surface area contributed by atoms with E-state index in [0.717, 1.165) is 12.8 Å². The van der Waals surface area contributed by atoms with Crippen LogP contribution in [-0.4, -0.2) is 0 Å². The lowest BCUT2D eigenvalue weighted by atomic mass is 9.86. The minimum absolute atomic E-state index is 0.275. The molecule has 0 aliphatic heterocycles. The Hall–Kier alpha value is -12.1. The smallest absolute Gasteiger partial charge is 0.201 e. The second-order valence-corrected chi connectivity index (χ2v) is 37.8. The predicted molar refractivity (Wildman–Crippen MR) is 524 cm³/mol. The summed E-state index contributed by atoms with van der Waals surface area (Å²) >= 11 is 0. The molecule has 0 N–H and O–H groups in total. The normalized spacial score (nSPS) is 11.2. The van der Waals surface area contributed by atoms with Gasteiger partial charge in [-0.3, -0.25) is 0 Å². The van der Waals surface area contributed by atoms with Crippen molar-refractivity contribution < 1.29 is 22.8 Å². The Bertz CT molecular complexity index is 6280. The minimum Gasteiger partial charge on any atom is -0.201 e. The molecular formula is C118H136N5+5. The number of aryl methyl sites for hydroxylation is 23. The van der Waals surface area contributed by atoms with E-state index in [2.05, 4.69) is 498 Å². The van der Waals surface area contributed by atoms with Gasteiger partial charge in [0.05, 0.1) is 0 Å². The van der Waals surface area contributed by atoms with Gasteiger partial charge in [-0.1, -0.05) is 228 Å². The topological polar surface area (TPSA) is 19.4 Å². The summed E-state index contributed by atoms with van der Waals surface area (Å²) in [4.78, 5) is 0. The van der Waals surface area contributed by atoms with Crippen LogP contribution in [0.4, 0.5) is 0 Å². The largest absolute Gasteiger partial charge is 0.212 e. The first kappa shape index (κ1) is 91.7. The highest BCUT2D eigenvalue weighted by molar-refractivity contribution is 5.81. The first-order chi connectivity index (χ1) is 58.1. The molecule has 0 saturated carbocycles. The van der Waals surface area contributed by atoms with E-state index in [9.17, 15) is 0 Å². The summed E-state index contributed by atoms with van der Waals surface area (Å²) in [6, 6.07) is 89.3. The van der Waals surface area contributed by atoms with Crippen molar-refractivity contribution in [3.8, 4) is 112 Å². The van der Waals surface area contributed by atoms with Gasteiger partial charge in [0.15, 0.2) is 31.0 Å². The molecule has 0 bridgehead atoms. The number of aromatic nitrogens is 5. The maximum absolute atomic E-state index is 2.40. The average Bonchev–Trinajstić information content (AvgIpc) is 0.787. The maximum Gasteiger partial charge on any atom is 0.212 e. The van der Waals surface area contributed by atoms with Gasteiger partial charge in [0.25, 0.3) is 0 Å². The van der Waals surface area contributed by atoms with Gasteiger partial charge in [0, 0.05) is 87.5 Å². The molecule has 0 spiro atoms. The molecule has 0 aliphatic rings. The van der Waals surface area contributed by atoms with Crippen LogP contribution in [0.2, 0.25) is 0 Å². The first-order valence-electron chi connectivity index (χ1n) is 43.9. The van der Waals surface area contributed by atoms with Gasteiger partial charge < -0.3 is 0 Å². The Morgan fingerprint density at radius 2 is 0.496 bits per heavy atom. The summed E-state index contributed by atoms with van der Waals surface area (Å²) in [7, 11) is 10.6. The molecule has 0 unspecified atom stereocenters. The highest BCUT2D eigenvalue weighted by Gasteiger charge is 2.25. The molecule has 0 amide bonds. The molecule has 15 aromatic rings. The van der Waals surface area contributed by atoms with Crippen molar-refractivity contribution in [1.29, 1.82) is 0 Å². The summed E-state index contributed by atoms with van der Waals surface area (Å²) in [6.45, 7) is 53.1. The lowest BCUT2D eigenvalue weighted by Gasteiger charge is -2.20. The molecule has 628 valence electrons. The molecule has 123 heavy (non-hydrogen) atoms. The van der Waals surface area contributed by atoms with E-state index >= 15 is 0 Å². The monoisotopic (exact) mass is 1620 g/mol. The van der Waals surface area contributed by atoms with Crippen molar-refractivity contribution in [2.45, 2.75) is 179 Å². The number of hydrogen-bond donors (Lipinski definition) is 0. The molecule has 0 radical (unpaired) electrons. The molecule has 0 saturated heterocycles. The van der Waals surface area contributed by atoms with Crippen molar-refractivity contribution >= 4 is 0 Å². The molecule has 0 fully saturated rings. The van der Waals surface area contributed by atoms with E-state index in [1.807, 2.05) is 0 Å². The molecule has 15 rings (SSSR count). The lowest BCUT2D eigenvalue weighted by Crippen LogP contribution is -2.32. The zero-order valence-electron chi connectivity index (χ0n) is 79.6. The van der Waals surface area contributed by atoms with E-state index in [1.165, 1.54) is 223 Å². The number of rotatable bonds is 12. The third-order valence-electron chi connectivity index (χ3n) is 24.1. The SMILES string of the molecule is Cc1cc[n+](C)c(-c2cc(-c3ccccc3)ccc2C)c1.Cc1ccc(-c2cc(-c3cc(C)c(C)c[n+]3C)c(C)cc2C)cc1.Cc1ccc(-c2cc(-c3cc(C)cc[n+]3C)c(C)cc2C)cc1.Cc1ccc(-c2cc(-c3cc(CC(C)(C)C)c(C)c[n+]3C)c(C)cc2C)cc1.Cc1ccc(-c2cc(-c3cc(CC(C)(C)C)cc[n+]3C)c(C)cc2C)cc1. The standard InChI is InChI=1S/C27H34N.C26H32N.C23H26N.C22H24N.C20H20N/c1-18-9-11-22(12-10-18)24-15-25(20(3)13-19(24)2)26-14-23(16-27(5,6)7)21(4)17-28(26)8;1-18-8-10-22(11-9-18)23-16-24(20(3)14-19(23)2)25-15-21(12-13-27(25)7)17-26(4,5)6;1-15-7-9-20(10-8-15)21-13-22(18(4)11-17(21)3)23-12-16(2)19(5)14-24(23)6;1-15-6-8-19(9-7-15)20-14-21(18(4)13-17(20)3)22-12-16(2)10-11-23(22)5;1-15-11-12-21(3)20(13-15)19-14-18(10-9-16(19)2)17-7-5-4-6-8-17/h9-15,17H,16H2,1-8H3;8-16H,17H2,1-7H3;7-14H,1-6H3;6-14H,1-5H3;4-14H,1-3H3/q5*+1. The third-order valence-corrected chi connectivity index (χ3v) is 24.1. The molecule has 0 aliphatic carbocycles. The van der Waals surface area contributed by atoms with Crippen molar-refractivity contribution in [2.75, 3.05) is 0 Å². The summed E-state index contributed by atoms with van der Waals surface area (Å²) in [5.41, 5.74) is 52.9. The van der Waals surface area contributed by atoms with Gasteiger partial charge in [0.1, 0.15) is 35.2 Å².